The molecule has 0 aromatic heterocycles. The fraction of sp³-hybridized carbons (Fsp3) is 0.632. The van der Waals surface area contributed by atoms with Gasteiger partial charge in [0.15, 0.2) is 0 Å². The molecule has 0 radical (unpaired) electrons. The number of hydrogen-bond donors (Lipinski definition) is 2. The molecule has 0 atom stereocenters. The molecule has 1 saturated carbocycles. The highest BCUT2D eigenvalue weighted by molar-refractivity contribution is 5.65. The highest BCUT2D eigenvalue weighted by Gasteiger charge is 2.30. The first-order valence-corrected chi connectivity index (χ1v) is 9.08. The van der Waals surface area contributed by atoms with Gasteiger partial charge in [-0.1, -0.05) is 30.3 Å². The van der Waals surface area contributed by atoms with Crippen LogP contribution in [0.1, 0.15) is 18.4 Å². The van der Waals surface area contributed by atoms with Gasteiger partial charge in [-0.2, -0.15) is 0 Å². The van der Waals surface area contributed by atoms with Crippen molar-refractivity contribution in [3.8, 4) is 0 Å². The Hall–Kier alpha value is -1.67. The van der Waals surface area contributed by atoms with Gasteiger partial charge in [0, 0.05) is 12.6 Å². The molecule has 2 N–H and O–H groups in total. The maximum atomic E-state index is 10.5. The molecule has 0 bridgehead atoms. The lowest BCUT2D eigenvalue weighted by atomic mass is 9.81. The smallest absolute Gasteiger partial charge is 0.404 e. The Morgan fingerprint density at radius 3 is 2.12 bits per heavy atom. The van der Waals surface area contributed by atoms with E-state index in [1.807, 2.05) is 30.3 Å². The Balaban J connectivity index is 1.27. The monoisotopic (exact) mass is 367 g/mol. The van der Waals surface area contributed by atoms with Gasteiger partial charge in [0.1, 0.15) is 0 Å². The number of nitrogens with one attached hydrogen (secondary N) is 1. The lowest BCUT2D eigenvalue weighted by molar-refractivity contribution is -0.0139. The summed E-state index contributed by atoms with van der Waals surface area (Å²) in [6.45, 7) is 4.56. The molecule has 0 aliphatic heterocycles. The molecule has 1 aliphatic carbocycles. The van der Waals surface area contributed by atoms with Crippen molar-refractivity contribution in [2.45, 2.75) is 25.5 Å². The average molecular weight is 367 g/mol. The predicted octanol–water partition coefficient (Wildman–Crippen LogP) is 2.30. The fourth-order valence-corrected chi connectivity index (χ4v) is 2.74. The van der Waals surface area contributed by atoms with Crippen molar-refractivity contribution in [3.05, 3.63) is 35.9 Å². The van der Waals surface area contributed by atoms with Gasteiger partial charge in [0.05, 0.1) is 46.2 Å². The number of amides is 1. The first kappa shape index (κ1) is 20.6. The van der Waals surface area contributed by atoms with Gasteiger partial charge in [-0.15, -0.1) is 0 Å². The molecule has 146 valence electrons. The van der Waals surface area contributed by atoms with Gasteiger partial charge in [-0.25, -0.2) is 4.79 Å². The van der Waals surface area contributed by atoms with Crippen molar-refractivity contribution in [1.82, 2.24) is 5.32 Å². The molecular formula is C19H29NO6. The molecule has 0 saturated heterocycles. The van der Waals surface area contributed by atoms with E-state index < -0.39 is 6.09 Å². The van der Waals surface area contributed by atoms with E-state index in [9.17, 15) is 4.79 Å². The van der Waals surface area contributed by atoms with Gasteiger partial charge in [-0.05, 0) is 24.3 Å². The lowest BCUT2D eigenvalue weighted by Crippen LogP contribution is -2.45. The van der Waals surface area contributed by atoms with Crippen LogP contribution in [-0.2, 0) is 25.6 Å². The summed E-state index contributed by atoms with van der Waals surface area (Å²) in [5, 5.41) is 11.1. The van der Waals surface area contributed by atoms with E-state index in [-0.39, 0.29) is 6.04 Å². The summed E-state index contributed by atoms with van der Waals surface area (Å²) < 4.78 is 21.9. The molecule has 0 spiro atoms. The van der Waals surface area contributed by atoms with Crippen LogP contribution in [0, 0.1) is 5.92 Å². The molecule has 0 unspecified atom stereocenters. The third-order valence-corrected chi connectivity index (χ3v) is 4.14. The maximum Gasteiger partial charge on any atom is 0.404 e. The van der Waals surface area contributed by atoms with E-state index in [0.29, 0.717) is 58.8 Å². The van der Waals surface area contributed by atoms with Gasteiger partial charge >= 0.3 is 6.09 Å². The Morgan fingerprint density at radius 1 is 0.923 bits per heavy atom. The first-order chi connectivity index (χ1) is 12.7. The van der Waals surface area contributed by atoms with Crippen molar-refractivity contribution >= 4 is 6.09 Å². The molecule has 1 fully saturated rings. The largest absolute Gasteiger partial charge is 0.465 e. The van der Waals surface area contributed by atoms with Crippen LogP contribution in [-0.4, -0.2) is 63.5 Å². The number of ether oxygens (including phenoxy) is 4. The van der Waals surface area contributed by atoms with Crippen LogP contribution >= 0.6 is 0 Å². The number of hydrogen-bond acceptors (Lipinski definition) is 5. The van der Waals surface area contributed by atoms with Crippen LogP contribution < -0.4 is 5.32 Å². The van der Waals surface area contributed by atoms with Gasteiger partial charge in [-0.3, -0.25) is 0 Å². The zero-order chi connectivity index (χ0) is 18.5. The van der Waals surface area contributed by atoms with Gasteiger partial charge < -0.3 is 29.4 Å². The van der Waals surface area contributed by atoms with Crippen molar-refractivity contribution < 1.29 is 28.8 Å². The second-order valence-corrected chi connectivity index (χ2v) is 6.32. The van der Waals surface area contributed by atoms with Gasteiger partial charge in [0.25, 0.3) is 0 Å². The molecule has 1 aromatic carbocycles. The Labute approximate surface area is 154 Å². The van der Waals surface area contributed by atoms with Crippen molar-refractivity contribution in [1.29, 1.82) is 0 Å². The molecule has 7 nitrogen and oxygen atoms in total. The minimum Gasteiger partial charge on any atom is -0.465 e. The second kappa shape index (κ2) is 12.6. The highest BCUT2D eigenvalue weighted by atomic mass is 16.6. The van der Waals surface area contributed by atoms with Crippen LogP contribution in [0.4, 0.5) is 4.79 Å². The summed E-state index contributed by atoms with van der Waals surface area (Å²) in [4.78, 5) is 10.5. The minimum absolute atomic E-state index is 0.0890. The molecule has 1 aromatic rings. The minimum atomic E-state index is -0.951. The molecule has 1 amide bonds. The van der Waals surface area contributed by atoms with E-state index in [1.54, 1.807) is 0 Å². The lowest BCUT2D eigenvalue weighted by Gasteiger charge is -2.34. The zero-order valence-corrected chi connectivity index (χ0v) is 15.1. The second-order valence-electron chi connectivity index (χ2n) is 6.32. The SMILES string of the molecule is O=C(O)N[C@H]1C[C@H](COCCOCCOCCOCc2ccccc2)C1. The topological polar surface area (TPSA) is 86.3 Å². The van der Waals surface area contributed by atoms with E-state index in [4.69, 9.17) is 24.1 Å². The van der Waals surface area contributed by atoms with Crippen molar-refractivity contribution in [3.63, 3.8) is 0 Å². The fourth-order valence-electron chi connectivity index (χ4n) is 2.74. The summed E-state index contributed by atoms with van der Waals surface area (Å²) in [5.74, 6) is 0.450. The Bertz CT molecular complexity index is 492. The standard InChI is InChI=1S/C19H29NO6/c21-19(22)20-18-12-17(13-18)15-26-11-9-24-7-6-23-8-10-25-14-16-4-2-1-3-5-16/h1-5,17-18,20H,6-15H2,(H,21,22)/t17-,18-. The van der Waals surface area contributed by atoms with Crippen LogP contribution in [0.5, 0.6) is 0 Å². The normalized spacial score (nSPS) is 19.1. The third-order valence-electron chi connectivity index (χ3n) is 4.14. The highest BCUT2D eigenvalue weighted by Crippen LogP contribution is 2.27. The number of carboxylic acid groups (broad SMARTS) is 1. The summed E-state index contributed by atoms with van der Waals surface area (Å²) >= 11 is 0. The van der Waals surface area contributed by atoms with Crippen molar-refractivity contribution in [2.75, 3.05) is 46.2 Å². The number of rotatable bonds is 14. The molecular weight excluding hydrogens is 338 g/mol. The van der Waals surface area contributed by atoms with Crippen molar-refractivity contribution in [2.24, 2.45) is 5.92 Å². The van der Waals surface area contributed by atoms with E-state index in [2.05, 4.69) is 5.32 Å². The molecule has 1 aliphatic rings. The predicted molar refractivity (Wildman–Crippen MR) is 96.2 cm³/mol. The molecule has 2 rings (SSSR count). The maximum absolute atomic E-state index is 10.5. The molecule has 7 heteroatoms. The average Bonchev–Trinajstić information content (AvgIpc) is 2.60. The van der Waals surface area contributed by atoms with E-state index in [0.717, 1.165) is 18.4 Å². The van der Waals surface area contributed by atoms with E-state index >= 15 is 0 Å². The number of carbonyl (C=O) groups is 1. The van der Waals surface area contributed by atoms with Crippen LogP contribution in [0.15, 0.2) is 30.3 Å². The summed E-state index contributed by atoms with van der Waals surface area (Å²) in [5.41, 5.74) is 1.16. The third kappa shape index (κ3) is 9.15. The summed E-state index contributed by atoms with van der Waals surface area (Å²) in [7, 11) is 0. The van der Waals surface area contributed by atoms with Crippen LogP contribution in [0.2, 0.25) is 0 Å². The van der Waals surface area contributed by atoms with Crippen LogP contribution in [0.25, 0.3) is 0 Å². The van der Waals surface area contributed by atoms with E-state index in [1.165, 1.54) is 0 Å². The molecule has 26 heavy (non-hydrogen) atoms. The summed E-state index contributed by atoms with van der Waals surface area (Å²) in [6, 6.07) is 10.1. The number of benzene rings is 1. The first-order valence-electron chi connectivity index (χ1n) is 9.08. The summed E-state index contributed by atoms with van der Waals surface area (Å²) in [6.07, 6.45) is 0.758. The van der Waals surface area contributed by atoms with Gasteiger partial charge in [0.2, 0.25) is 0 Å². The Morgan fingerprint density at radius 2 is 1.50 bits per heavy atom. The van der Waals surface area contributed by atoms with Crippen LogP contribution in [0.3, 0.4) is 0 Å². The zero-order valence-electron chi connectivity index (χ0n) is 15.1. The molecule has 0 heterocycles. The quantitative estimate of drug-likeness (QED) is 0.491. The Kier molecular flexibility index (Phi) is 10.0.